The standard InChI is InChI=1S/C18H22N6S.C2H6/c1-13(12-25-4)16-11-20-18-17(19-8-9-24(16)18)21-14-6-5-7-15(10-14)22-23(2)3;1-2/h5-12,22H,1-4H3,(H,19,21);1-2H3/b13-12+;. The number of aromatic nitrogens is 3. The first kappa shape index (κ1) is 20.8. The predicted octanol–water partition coefficient (Wildman–Crippen LogP) is 5.11. The maximum atomic E-state index is 4.55. The molecule has 27 heavy (non-hydrogen) atoms. The molecule has 7 heteroatoms. The molecule has 3 aromatic rings. The zero-order chi connectivity index (χ0) is 19.8. The van der Waals surface area contributed by atoms with Crippen LogP contribution in [-0.2, 0) is 0 Å². The summed E-state index contributed by atoms with van der Waals surface area (Å²) in [5.74, 6) is 0.729. The first-order chi connectivity index (χ1) is 13.1. The number of fused-ring (bicyclic) bond motifs is 1. The van der Waals surface area contributed by atoms with E-state index in [0.29, 0.717) is 0 Å². The Morgan fingerprint density at radius 2 is 1.93 bits per heavy atom. The lowest BCUT2D eigenvalue weighted by Gasteiger charge is -2.14. The van der Waals surface area contributed by atoms with Crippen molar-refractivity contribution in [1.82, 2.24) is 19.4 Å². The monoisotopic (exact) mass is 384 g/mol. The van der Waals surface area contributed by atoms with E-state index in [9.17, 15) is 0 Å². The summed E-state index contributed by atoms with van der Waals surface area (Å²) in [4.78, 5) is 9.01. The minimum atomic E-state index is 0.729. The van der Waals surface area contributed by atoms with Crippen molar-refractivity contribution in [2.75, 3.05) is 31.1 Å². The summed E-state index contributed by atoms with van der Waals surface area (Å²) < 4.78 is 2.05. The van der Waals surface area contributed by atoms with Crippen molar-refractivity contribution in [3.8, 4) is 0 Å². The van der Waals surface area contributed by atoms with Gasteiger partial charge in [-0.25, -0.2) is 15.0 Å². The number of rotatable bonds is 6. The van der Waals surface area contributed by atoms with E-state index in [-0.39, 0.29) is 0 Å². The highest BCUT2D eigenvalue weighted by atomic mass is 32.2. The molecule has 2 aromatic heterocycles. The van der Waals surface area contributed by atoms with Gasteiger partial charge in [-0.1, -0.05) is 19.9 Å². The van der Waals surface area contributed by atoms with Gasteiger partial charge in [-0.15, -0.1) is 11.8 Å². The Morgan fingerprint density at radius 3 is 2.63 bits per heavy atom. The molecule has 0 aliphatic carbocycles. The fourth-order valence-electron chi connectivity index (χ4n) is 2.60. The number of anilines is 3. The average Bonchev–Trinajstić information content (AvgIpc) is 3.09. The van der Waals surface area contributed by atoms with Crippen LogP contribution in [0.3, 0.4) is 0 Å². The molecule has 0 amide bonds. The van der Waals surface area contributed by atoms with Crippen LogP contribution in [0.25, 0.3) is 11.2 Å². The second kappa shape index (κ2) is 9.99. The normalized spacial score (nSPS) is 11.3. The van der Waals surface area contributed by atoms with Gasteiger partial charge in [0.2, 0.25) is 0 Å². The van der Waals surface area contributed by atoms with Crippen LogP contribution in [0.5, 0.6) is 0 Å². The van der Waals surface area contributed by atoms with Gasteiger partial charge in [0.1, 0.15) is 0 Å². The first-order valence-electron chi connectivity index (χ1n) is 8.91. The third-order valence-corrected chi connectivity index (χ3v) is 4.19. The van der Waals surface area contributed by atoms with Gasteiger partial charge in [-0.3, -0.25) is 4.40 Å². The minimum Gasteiger partial charge on any atom is -0.337 e. The Kier molecular flexibility index (Phi) is 7.69. The third kappa shape index (κ3) is 5.24. The van der Waals surface area contributed by atoms with Gasteiger partial charge in [0, 0.05) is 32.2 Å². The lowest BCUT2D eigenvalue weighted by atomic mass is 10.2. The van der Waals surface area contributed by atoms with Crippen LogP contribution in [0, 0.1) is 0 Å². The Labute approximate surface area is 165 Å². The second-order valence-electron chi connectivity index (χ2n) is 5.86. The van der Waals surface area contributed by atoms with Crippen molar-refractivity contribution in [3.63, 3.8) is 0 Å². The fourth-order valence-corrected chi connectivity index (χ4v) is 3.07. The third-order valence-electron chi connectivity index (χ3n) is 3.60. The molecule has 1 aromatic carbocycles. The number of benzene rings is 1. The van der Waals surface area contributed by atoms with Crippen molar-refractivity contribution in [2.45, 2.75) is 20.8 Å². The number of thioether (sulfide) groups is 1. The van der Waals surface area contributed by atoms with E-state index in [1.54, 1.807) is 18.0 Å². The Morgan fingerprint density at radius 1 is 1.19 bits per heavy atom. The molecule has 0 saturated heterocycles. The maximum absolute atomic E-state index is 4.55. The topological polar surface area (TPSA) is 57.5 Å². The average molecular weight is 385 g/mol. The fraction of sp³-hybridized carbons (Fsp3) is 0.300. The van der Waals surface area contributed by atoms with Gasteiger partial charge in [-0.2, -0.15) is 0 Å². The van der Waals surface area contributed by atoms with Crippen LogP contribution in [0.2, 0.25) is 0 Å². The summed E-state index contributed by atoms with van der Waals surface area (Å²) in [6.45, 7) is 6.09. The zero-order valence-electron chi connectivity index (χ0n) is 16.8. The smallest absolute Gasteiger partial charge is 0.180 e. The Hall–Kier alpha value is -2.51. The summed E-state index contributed by atoms with van der Waals surface area (Å²) in [7, 11) is 3.91. The quantitative estimate of drug-likeness (QED) is 0.576. The van der Waals surface area contributed by atoms with E-state index >= 15 is 0 Å². The van der Waals surface area contributed by atoms with Crippen molar-refractivity contribution in [3.05, 3.63) is 54.0 Å². The SMILES string of the molecule is CC.CS/C=C(\C)c1cnc2c(Nc3cccc(NN(C)C)c3)nccn12. The molecule has 0 atom stereocenters. The van der Waals surface area contributed by atoms with Crippen LogP contribution < -0.4 is 10.7 Å². The number of hydrogen-bond acceptors (Lipinski definition) is 6. The van der Waals surface area contributed by atoms with Crippen LogP contribution in [-0.4, -0.2) is 39.7 Å². The highest BCUT2D eigenvalue weighted by Gasteiger charge is 2.10. The summed E-state index contributed by atoms with van der Waals surface area (Å²) in [5, 5.41) is 7.39. The predicted molar refractivity (Wildman–Crippen MR) is 119 cm³/mol. The molecule has 0 bridgehead atoms. The molecule has 0 spiro atoms. The van der Waals surface area contributed by atoms with Gasteiger partial charge in [0.25, 0.3) is 0 Å². The molecule has 2 heterocycles. The van der Waals surface area contributed by atoms with Gasteiger partial charge in [0.15, 0.2) is 11.5 Å². The zero-order valence-corrected chi connectivity index (χ0v) is 17.6. The second-order valence-corrected chi connectivity index (χ2v) is 6.57. The lowest BCUT2D eigenvalue weighted by Crippen LogP contribution is -2.19. The number of hydrazine groups is 1. The number of hydrogen-bond donors (Lipinski definition) is 2. The number of nitrogens with one attached hydrogen (secondary N) is 2. The molecule has 144 valence electrons. The molecule has 0 aliphatic rings. The van der Waals surface area contributed by atoms with Crippen molar-refractivity contribution >= 4 is 40.2 Å². The van der Waals surface area contributed by atoms with E-state index in [2.05, 4.69) is 43.7 Å². The summed E-state index contributed by atoms with van der Waals surface area (Å²) >= 11 is 1.68. The molecule has 3 rings (SSSR count). The van der Waals surface area contributed by atoms with Crippen LogP contribution in [0.15, 0.2) is 48.3 Å². The van der Waals surface area contributed by atoms with Gasteiger partial charge in [-0.05, 0) is 42.4 Å². The largest absolute Gasteiger partial charge is 0.337 e. The van der Waals surface area contributed by atoms with Crippen molar-refractivity contribution in [1.29, 1.82) is 0 Å². The number of nitrogens with zero attached hydrogens (tertiary/aromatic N) is 4. The molecule has 0 radical (unpaired) electrons. The molecular weight excluding hydrogens is 356 g/mol. The minimum absolute atomic E-state index is 0.729. The van der Waals surface area contributed by atoms with Crippen LogP contribution in [0.4, 0.5) is 17.2 Å². The van der Waals surface area contributed by atoms with Crippen LogP contribution >= 0.6 is 11.8 Å². The van der Waals surface area contributed by atoms with E-state index in [1.807, 2.05) is 69.6 Å². The van der Waals surface area contributed by atoms with Crippen LogP contribution in [0.1, 0.15) is 26.5 Å². The summed E-state index contributed by atoms with van der Waals surface area (Å²) in [5.41, 5.74) is 8.25. The molecular formula is C20H28N6S. The van der Waals surface area contributed by atoms with Gasteiger partial charge < -0.3 is 10.7 Å². The van der Waals surface area contributed by atoms with Crippen molar-refractivity contribution < 1.29 is 0 Å². The Balaban J connectivity index is 0.00000126. The molecule has 2 N–H and O–H groups in total. The van der Waals surface area contributed by atoms with E-state index in [0.717, 1.165) is 28.5 Å². The number of allylic oxidation sites excluding steroid dienone is 1. The van der Waals surface area contributed by atoms with Crippen molar-refractivity contribution in [2.24, 2.45) is 0 Å². The van der Waals surface area contributed by atoms with E-state index in [1.165, 1.54) is 5.57 Å². The maximum Gasteiger partial charge on any atom is 0.180 e. The molecule has 0 aliphatic heterocycles. The van der Waals surface area contributed by atoms with Gasteiger partial charge >= 0.3 is 0 Å². The highest BCUT2D eigenvalue weighted by molar-refractivity contribution is 8.01. The number of imidazole rings is 1. The Bertz CT molecular complexity index is 900. The highest BCUT2D eigenvalue weighted by Crippen LogP contribution is 2.24. The summed E-state index contributed by atoms with van der Waals surface area (Å²) in [6.07, 6.45) is 7.66. The van der Waals surface area contributed by atoms with Gasteiger partial charge in [0.05, 0.1) is 17.6 Å². The van der Waals surface area contributed by atoms with E-state index < -0.39 is 0 Å². The molecule has 0 saturated carbocycles. The summed E-state index contributed by atoms with van der Waals surface area (Å²) in [6, 6.07) is 8.06. The molecule has 0 unspecified atom stereocenters. The molecule has 0 fully saturated rings. The first-order valence-corrected chi connectivity index (χ1v) is 10.2. The molecule has 6 nitrogen and oxygen atoms in total. The van der Waals surface area contributed by atoms with E-state index in [4.69, 9.17) is 0 Å². The lowest BCUT2D eigenvalue weighted by molar-refractivity contribution is 0.495.